The van der Waals surface area contributed by atoms with Gasteiger partial charge >= 0.3 is 6.61 Å². The van der Waals surface area contributed by atoms with E-state index in [1.807, 2.05) is 0 Å². The second-order valence-electron chi connectivity index (χ2n) is 2.24. The maximum absolute atomic E-state index is 12.7. The van der Waals surface area contributed by atoms with Gasteiger partial charge in [-0.25, -0.2) is 8.78 Å². The van der Waals surface area contributed by atoms with E-state index in [0.717, 1.165) is 0 Å². The molecule has 0 saturated heterocycles. The first kappa shape index (κ1) is 9.83. The smallest absolute Gasteiger partial charge is 0.387 e. The van der Waals surface area contributed by atoms with Crippen LogP contribution < -0.4 is 4.74 Å². The topological polar surface area (TPSA) is 9.23 Å². The Morgan fingerprint density at radius 1 is 1.15 bits per heavy atom. The zero-order valence-corrected chi connectivity index (χ0v) is 6.36. The van der Waals surface area contributed by atoms with Crippen LogP contribution in [0, 0.1) is 18.6 Å². The number of hydrogen-bond donors (Lipinski definition) is 0. The monoisotopic (exact) mass is 193 g/mol. The Morgan fingerprint density at radius 3 is 2.00 bits per heavy atom. The molecule has 0 bridgehead atoms. The highest BCUT2D eigenvalue weighted by atomic mass is 19.3. The molecule has 0 heterocycles. The first-order chi connectivity index (χ1) is 6.00. The molecule has 1 aromatic rings. The average Bonchev–Trinajstić information content (AvgIpc) is 1.98. The molecule has 1 radical (unpaired) electrons. The van der Waals surface area contributed by atoms with Gasteiger partial charge in [-0.1, -0.05) is 0 Å². The van der Waals surface area contributed by atoms with Crippen LogP contribution in [0.15, 0.2) is 12.1 Å². The van der Waals surface area contributed by atoms with E-state index < -0.39 is 29.6 Å². The van der Waals surface area contributed by atoms with Crippen molar-refractivity contribution in [2.45, 2.75) is 6.61 Å². The Hall–Kier alpha value is -1.26. The lowest BCUT2D eigenvalue weighted by Gasteiger charge is -2.05. The van der Waals surface area contributed by atoms with Gasteiger partial charge in [0.15, 0.2) is 0 Å². The Bertz CT molecular complexity index is 288. The zero-order chi connectivity index (χ0) is 10.0. The number of hydrogen-bond acceptors (Lipinski definition) is 1. The summed E-state index contributed by atoms with van der Waals surface area (Å²) in [6, 6.07) is 1.30. The Kier molecular flexibility index (Phi) is 2.75. The molecule has 0 aromatic heterocycles. The first-order valence-corrected chi connectivity index (χ1v) is 3.26. The van der Waals surface area contributed by atoms with E-state index in [9.17, 15) is 17.6 Å². The van der Waals surface area contributed by atoms with Crippen LogP contribution >= 0.6 is 0 Å². The summed E-state index contributed by atoms with van der Waals surface area (Å²) in [5.74, 6) is -2.59. The molecule has 0 aliphatic heterocycles. The van der Waals surface area contributed by atoms with Crippen LogP contribution in [0.5, 0.6) is 5.75 Å². The van der Waals surface area contributed by atoms with Crippen LogP contribution in [0.25, 0.3) is 0 Å². The van der Waals surface area contributed by atoms with E-state index in [1.54, 1.807) is 0 Å². The van der Waals surface area contributed by atoms with Gasteiger partial charge in [-0.15, -0.1) is 0 Å². The molecule has 0 N–H and O–H groups in total. The van der Waals surface area contributed by atoms with Crippen molar-refractivity contribution < 1.29 is 22.3 Å². The van der Waals surface area contributed by atoms with Crippen LogP contribution in [-0.4, -0.2) is 6.61 Å². The summed E-state index contributed by atoms with van der Waals surface area (Å²) in [6.07, 6.45) is 0. The van der Waals surface area contributed by atoms with E-state index in [2.05, 4.69) is 11.7 Å². The Labute approximate surface area is 71.9 Å². The molecule has 0 amide bonds. The summed E-state index contributed by atoms with van der Waals surface area (Å²) in [7, 11) is 0. The minimum absolute atomic E-state index is 0.471. The third kappa shape index (κ3) is 2.34. The standard InChI is InChI=1S/C8H5F4O/c1-4-6(9)2-5(3-7(4)10)13-8(11)12/h2-3,8H,1H2. The van der Waals surface area contributed by atoms with Crippen LogP contribution in [-0.2, 0) is 0 Å². The molecule has 1 aromatic carbocycles. The average molecular weight is 193 g/mol. The molecule has 0 fully saturated rings. The predicted molar refractivity (Wildman–Crippen MR) is 37.4 cm³/mol. The molecule has 0 saturated carbocycles. The van der Waals surface area contributed by atoms with Crippen LogP contribution in [0.4, 0.5) is 17.6 Å². The fourth-order valence-corrected chi connectivity index (χ4v) is 0.751. The molecule has 1 nitrogen and oxygen atoms in total. The summed E-state index contributed by atoms with van der Waals surface area (Å²) in [5, 5.41) is 0. The van der Waals surface area contributed by atoms with Crippen LogP contribution in [0.3, 0.4) is 0 Å². The summed E-state index contributed by atoms with van der Waals surface area (Å²) in [4.78, 5) is 0. The minimum atomic E-state index is -3.10. The van der Waals surface area contributed by atoms with E-state index >= 15 is 0 Å². The van der Waals surface area contributed by atoms with Gasteiger partial charge in [-0.2, -0.15) is 8.78 Å². The maximum atomic E-state index is 12.7. The molecular formula is C8H5F4O. The number of halogens is 4. The van der Waals surface area contributed by atoms with Crippen molar-refractivity contribution >= 4 is 0 Å². The van der Waals surface area contributed by atoms with Gasteiger partial charge in [0, 0.05) is 17.7 Å². The van der Waals surface area contributed by atoms with Crippen molar-refractivity contribution in [1.82, 2.24) is 0 Å². The minimum Gasteiger partial charge on any atom is -0.435 e. The van der Waals surface area contributed by atoms with Gasteiger partial charge in [0.1, 0.15) is 17.4 Å². The van der Waals surface area contributed by atoms with Crippen molar-refractivity contribution in [3.8, 4) is 5.75 Å². The van der Waals surface area contributed by atoms with Crippen LogP contribution in [0.2, 0.25) is 0 Å². The van der Waals surface area contributed by atoms with Gasteiger partial charge < -0.3 is 4.74 Å². The van der Waals surface area contributed by atoms with Crippen molar-refractivity contribution in [3.63, 3.8) is 0 Å². The molecule has 0 spiro atoms. The lowest BCUT2D eigenvalue weighted by molar-refractivity contribution is -0.0501. The second kappa shape index (κ2) is 3.64. The van der Waals surface area contributed by atoms with Crippen molar-refractivity contribution in [2.24, 2.45) is 0 Å². The summed E-state index contributed by atoms with van der Waals surface area (Å²) in [5.41, 5.74) is -0.471. The molecular weight excluding hydrogens is 188 g/mol. The molecule has 0 unspecified atom stereocenters. The van der Waals surface area contributed by atoms with Crippen molar-refractivity contribution in [2.75, 3.05) is 0 Å². The fraction of sp³-hybridized carbons (Fsp3) is 0.125. The van der Waals surface area contributed by atoms with Gasteiger partial charge in [-0.3, -0.25) is 0 Å². The first-order valence-electron chi connectivity index (χ1n) is 3.26. The van der Waals surface area contributed by atoms with E-state index in [-0.39, 0.29) is 0 Å². The zero-order valence-electron chi connectivity index (χ0n) is 6.36. The molecule has 5 heteroatoms. The number of ether oxygens (including phenoxy) is 1. The highest BCUT2D eigenvalue weighted by Crippen LogP contribution is 2.21. The highest BCUT2D eigenvalue weighted by Gasteiger charge is 2.10. The number of alkyl halides is 2. The summed E-state index contributed by atoms with van der Waals surface area (Å²) >= 11 is 0. The molecule has 13 heavy (non-hydrogen) atoms. The Balaban J connectivity index is 2.99. The van der Waals surface area contributed by atoms with Crippen LogP contribution in [0.1, 0.15) is 5.56 Å². The van der Waals surface area contributed by atoms with E-state index in [0.29, 0.717) is 12.1 Å². The third-order valence-electron chi connectivity index (χ3n) is 1.34. The van der Waals surface area contributed by atoms with Gasteiger partial charge in [0.2, 0.25) is 0 Å². The summed E-state index contributed by atoms with van der Waals surface area (Å²) < 4.78 is 52.3. The normalized spacial score (nSPS) is 10.6. The molecule has 0 atom stereocenters. The maximum Gasteiger partial charge on any atom is 0.387 e. The molecule has 0 aliphatic rings. The molecule has 1 rings (SSSR count). The highest BCUT2D eigenvalue weighted by molar-refractivity contribution is 5.31. The Morgan fingerprint density at radius 2 is 1.62 bits per heavy atom. The van der Waals surface area contributed by atoms with Gasteiger partial charge in [-0.05, 0) is 6.92 Å². The molecule has 71 valence electrons. The quantitative estimate of drug-likeness (QED) is 0.656. The number of rotatable bonds is 2. The van der Waals surface area contributed by atoms with Gasteiger partial charge in [0.05, 0.1) is 0 Å². The van der Waals surface area contributed by atoms with Gasteiger partial charge in [0.25, 0.3) is 0 Å². The fourth-order valence-electron chi connectivity index (χ4n) is 0.751. The lowest BCUT2D eigenvalue weighted by atomic mass is 10.2. The SMILES string of the molecule is [CH2]c1c(F)cc(OC(F)F)cc1F. The van der Waals surface area contributed by atoms with E-state index in [4.69, 9.17) is 0 Å². The predicted octanol–water partition coefficient (Wildman–Crippen LogP) is 2.75. The second-order valence-corrected chi connectivity index (χ2v) is 2.24. The van der Waals surface area contributed by atoms with E-state index in [1.165, 1.54) is 0 Å². The third-order valence-corrected chi connectivity index (χ3v) is 1.34. The van der Waals surface area contributed by atoms with Crippen molar-refractivity contribution in [1.29, 1.82) is 0 Å². The van der Waals surface area contributed by atoms with Crippen molar-refractivity contribution in [3.05, 3.63) is 36.3 Å². The molecule has 0 aliphatic carbocycles. The largest absolute Gasteiger partial charge is 0.435 e. The lowest BCUT2D eigenvalue weighted by Crippen LogP contribution is -2.03. The number of benzene rings is 1. The summed E-state index contributed by atoms with van der Waals surface area (Å²) in [6.45, 7) is -0.0555.